The number of rotatable bonds is 5. The Balaban J connectivity index is 2.76. The van der Waals surface area contributed by atoms with Gasteiger partial charge in [0.2, 0.25) is 0 Å². The van der Waals surface area contributed by atoms with Gasteiger partial charge < -0.3 is 10.0 Å². The molecule has 0 aliphatic carbocycles. The second-order valence-electron chi connectivity index (χ2n) is 3.19. The first kappa shape index (κ1) is 14.3. The average molecular weight is 266 g/mol. The van der Waals surface area contributed by atoms with Gasteiger partial charge in [-0.25, -0.2) is 9.18 Å². The lowest BCUT2D eigenvalue weighted by Gasteiger charge is -2.01. The molecule has 0 saturated carbocycles. The van der Waals surface area contributed by atoms with Crippen LogP contribution in [-0.2, 0) is 9.63 Å². The lowest BCUT2D eigenvalue weighted by atomic mass is 10.3. The van der Waals surface area contributed by atoms with Crippen LogP contribution in [-0.4, -0.2) is 29.3 Å². The number of carbonyl (C=O) groups is 1. The SMILES string of the molecule is CC(=O)O/N=C/C(/C=N/O)=N/Nc1ccccc1F. The molecule has 7 nitrogen and oxygen atoms in total. The molecule has 0 fully saturated rings. The standard InChI is InChI=1S/C11H11FN4O3/c1-8(17)19-14-7-9(6-13-18)15-16-11-5-3-2-4-10(11)12/h2-7,16,18H,1H3/b13-6+,14-7+,15-9+. The smallest absolute Gasteiger partial charge is 0.331 e. The number of anilines is 1. The van der Waals surface area contributed by atoms with Gasteiger partial charge in [-0.3, -0.25) is 5.43 Å². The Morgan fingerprint density at radius 2 is 2.16 bits per heavy atom. The zero-order valence-corrected chi connectivity index (χ0v) is 9.95. The maximum Gasteiger partial charge on any atom is 0.331 e. The Bertz CT molecular complexity index is 528. The molecule has 0 aliphatic heterocycles. The number of nitrogens with zero attached hydrogens (tertiary/aromatic N) is 3. The molecule has 1 rings (SSSR count). The molecule has 0 aromatic heterocycles. The molecule has 0 bridgehead atoms. The lowest BCUT2D eigenvalue weighted by Crippen LogP contribution is -2.07. The molecule has 0 saturated heterocycles. The quantitative estimate of drug-likeness (QED) is 0.366. The van der Waals surface area contributed by atoms with Crippen LogP contribution in [0, 0.1) is 5.82 Å². The molecule has 0 aliphatic rings. The number of halogens is 1. The normalized spacial score (nSPS) is 12.0. The van der Waals surface area contributed by atoms with E-state index in [2.05, 4.69) is 25.7 Å². The minimum atomic E-state index is -0.612. The number of hydrogen-bond acceptors (Lipinski definition) is 7. The molecular formula is C11H11FN4O3. The fraction of sp³-hybridized carbons (Fsp3) is 0.0909. The van der Waals surface area contributed by atoms with Crippen LogP contribution in [0.2, 0.25) is 0 Å². The van der Waals surface area contributed by atoms with Crippen molar-refractivity contribution >= 4 is 29.8 Å². The monoisotopic (exact) mass is 266 g/mol. The Morgan fingerprint density at radius 1 is 1.42 bits per heavy atom. The van der Waals surface area contributed by atoms with Crippen LogP contribution in [0.3, 0.4) is 0 Å². The summed E-state index contributed by atoms with van der Waals surface area (Å²) in [4.78, 5) is 14.8. The summed E-state index contributed by atoms with van der Waals surface area (Å²) < 4.78 is 13.3. The topological polar surface area (TPSA) is 95.6 Å². The molecule has 100 valence electrons. The van der Waals surface area contributed by atoms with Crippen molar-refractivity contribution in [3.05, 3.63) is 30.1 Å². The van der Waals surface area contributed by atoms with Gasteiger partial charge in [-0.1, -0.05) is 22.4 Å². The predicted octanol–water partition coefficient (Wildman–Crippen LogP) is 1.60. The third kappa shape index (κ3) is 5.39. The highest BCUT2D eigenvalue weighted by Crippen LogP contribution is 2.11. The molecule has 0 unspecified atom stereocenters. The molecule has 2 N–H and O–H groups in total. The zero-order valence-electron chi connectivity index (χ0n) is 9.95. The van der Waals surface area contributed by atoms with Crippen molar-refractivity contribution in [3.8, 4) is 0 Å². The van der Waals surface area contributed by atoms with Crippen molar-refractivity contribution < 1.29 is 19.2 Å². The first-order valence-electron chi connectivity index (χ1n) is 5.10. The Morgan fingerprint density at radius 3 is 2.79 bits per heavy atom. The second kappa shape index (κ2) is 7.54. The molecule has 0 atom stereocenters. The maximum atomic E-state index is 13.3. The van der Waals surface area contributed by atoms with Crippen LogP contribution >= 0.6 is 0 Å². The minimum Gasteiger partial charge on any atom is -0.411 e. The van der Waals surface area contributed by atoms with Crippen LogP contribution in [0.4, 0.5) is 10.1 Å². The van der Waals surface area contributed by atoms with E-state index in [1.165, 1.54) is 25.1 Å². The fourth-order valence-corrected chi connectivity index (χ4v) is 0.981. The van der Waals surface area contributed by atoms with Gasteiger partial charge in [0, 0.05) is 6.92 Å². The van der Waals surface area contributed by atoms with Gasteiger partial charge in [0.25, 0.3) is 0 Å². The van der Waals surface area contributed by atoms with Crippen molar-refractivity contribution in [2.24, 2.45) is 15.4 Å². The zero-order chi connectivity index (χ0) is 14.1. The average Bonchev–Trinajstić information content (AvgIpc) is 2.37. The highest BCUT2D eigenvalue weighted by Gasteiger charge is 1.99. The van der Waals surface area contributed by atoms with Crippen LogP contribution in [0.15, 0.2) is 39.7 Å². The second-order valence-corrected chi connectivity index (χ2v) is 3.19. The van der Waals surface area contributed by atoms with Gasteiger partial charge in [0.1, 0.15) is 11.5 Å². The molecule has 0 radical (unpaired) electrons. The number of carbonyl (C=O) groups excluding carboxylic acids is 1. The van der Waals surface area contributed by atoms with Crippen molar-refractivity contribution in [2.45, 2.75) is 6.92 Å². The largest absolute Gasteiger partial charge is 0.411 e. The molecule has 0 spiro atoms. The summed E-state index contributed by atoms with van der Waals surface area (Å²) in [5.41, 5.74) is 2.57. The van der Waals surface area contributed by atoms with Crippen LogP contribution in [0.25, 0.3) is 0 Å². The summed E-state index contributed by atoms with van der Waals surface area (Å²) in [6.07, 6.45) is 1.95. The first-order valence-corrected chi connectivity index (χ1v) is 5.10. The van der Waals surface area contributed by atoms with Crippen LogP contribution in [0.1, 0.15) is 6.92 Å². The van der Waals surface area contributed by atoms with Gasteiger partial charge >= 0.3 is 5.97 Å². The van der Waals surface area contributed by atoms with Crippen LogP contribution in [0.5, 0.6) is 0 Å². The van der Waals surface area contributed by atoms with E-state index < -0.39 is 11.8 Å². The molecule has 1 aromatic rings. The third-order valence-corrected chi connectivity index (χ3v) is 1.74. The number of benzene rings is 1. The summed E-state index contributed by atoms with van der Waals surface area (Å²) >= 11 is 0. The molecule has 8 heteroatoms. The van der Waals surface area contributed by atoms with Crippen molar-refractivity contribution in [2.75, 3.05) is 5.43 Å². The fourth-order valence-electron chi connectivity index (χ4n) is 0.981. The van der Waals surface area contributed by atoms with E-state index in [0.29, 0.717) is 0 Å². The van der Waals surface area contributed by atoms with E-state index >= 15 is 0 Å². The number of hydrogen-bond donors (Lipinski definition) is 2. The maximum absolute atomic E-state index is 13.3. The molecule has 1 aromatic carbocycles. The van der Waals surface area contributed by atoms with E-state index in [1.807, 2.05) is 0 Å². The van der Waals surface area contributed by atoms with Crippen molar-refractivity contribution in [1.82, 2.24) is 0 Å². The summed E-state index contributed by atoms with van der Waals surface area (Å²) in [6.45, 7) is 1.17. The van der Waals surface area contributed by atoms with E-state index in [4.69, 9.17) is 5.21 Å². The van der Waals surface area contributed by atoms with E-state index in [1.54, 1.807) is 6.07 Å². The summed E-state index contributed by atoms with van der Waals surface area (Å²) in [5.74, 6) is -1.11. The summed E-state index contributed by atoms with van der Waals surface area (Å²) in [5, 5.41) is 18.2. The van der Waals surface area contributed by atoms with Crippen LogP contribution < -0.4 is 5.43 Å². The van der Waals surface area contributed by atoms with Gasteiger partial charge in [0.05, 0.1) is 18.1 Å². The summed E-state index contributed by atoms with van der Waals surface area (Å²) in [7, 11) is 0. The van der Waals surface area contributed by atoms with Crippen molar-refractivity contribution in [3.63, 3.8) is 0 Å². The number of para-hydroxylation sites is 1. The van der Waals surface area contributed by atoms with E-state index in [9.17, 15) is 9.18 Å². The van der Waals surface area contributed by atoms with Gasteiger partial charge in [-0.05, 0) is 12.1 Å². The van der Waals surface area contributed by atoms with Crippen molar-refractivity contribution in [1.29, 1.82) is 0 Å². The summed E-state index contributed by atoms with van der Waals surface area (Å²) in [6, 6.07) is 5.87. The molecule has 19 heavy (non-hydrogen) atoms. The Hall–Kier alpha value is -2.77. The number of hydrazone groups is 1. The minimum absolute atomic E-state index is 0.0204. The third-order valence-electron chi connectivity index (χ3n) is 1.74. The first-order chi connectivity index (χ1) is 9.13. The molecular weight excluding hydrogens is 255 g/mol. The predicted molar refractivity (Wildman–Crippen MR) is 68.0 cm³/mol. The van der Waals surface area contributed by atoms with Gasteiger partial charge in [-0.2, -0.15) is 5.10 Å². The number of nitrogens with one attached hydrogen (secondary N) is 1. The van der Waals surface area contributed by atoms with E-state index in [0.717, 1.165) is 12.4 Å². The number of oxime groups is 2. The Kier molecular flexibility index (Phi) is 5.67. The molecule has 0 heterocycles. The van der Waals surface area contributed by atoms with Gasteiger partial charge in [0.15, 0.2) is 0 Å². The van der Waals surface area contributed by atoms with E-state index in [-0.39, 0.29) is 11.4 Å². The Labute approximate surface area is 108 Å². The molecule has 0 amide bonds. The highest BCUT2D eigenvalue weighted by molar-refractivity contribution is 6.55. The highest BCUT2D eigenvalue weighted by atomic mass is 19.1. The van der Waals surface area contributed by atoms with Gasteiger partial charge in [-0.15, -0.1) is 0 Å². The lowest BCUT2D eigenvalue weighted by molar-refractivity contribution is -0.140.